The van der Waals surface area contributed by atoms with Crippen LogP contribution in [0.3, 0.4) is 0 Å². The zero-order chi connectivity index (χ0) is 18.1. The van der Waals surface area contributed by atoms with Gasteiger partial charge in [0.2, 0.25) is 11.6 Å². The molecule has 0 radical (unpaired) electrons. The first-order valence-electron chi connectivity index (χ1n) is 8.20. The number of hydrogen-bond donors (Lipinski definition) is 0. The first-order valence-corrected chi connectivity index (χ1v) is 9.08. The van der Waals surface area contributed by atoms with Crippen LogP contribution in [0, 0.1) is 18.3 Å². The summed E-state index contributed by atoms with van der Waals surface area (Å²) in [5.74, 6) is 1.26. The smallest absolute Gasteiger partial charge is 0.266 e. The fourth-order valence-corrected chi connectivity index (χ4v) is 3.85. The SMILES string of the molecule is Cc1ccsc1C(=O)N1CCN(c2oc(-c3ccco3)nc2C#N)CC1. The Hall–Kier alpha value is -3.05. The van der Waals surface area contributed by atoms with Gasteiger partial charge in [-0.15, -0.1) is 11.3 Å². The Morgan fingerprint density at radius 2 is 2.12 bits per heavy atom. The monoisotopic (exact) mass is 368 g/mol. The average molecular weight is 368 g/mol. The van der Waals surface area contributed by atoms with Crippen LogP contribution in [0.4, 0.5) is 5.88 Å². The van der Waals surface area contributed by atoms with E-state index in [4.69, 9.17) is 8.83 Å². The molecule has 1 saturated heterocycles. The molecule has 0 spiro atoms. The number of carbonyl (C=O) groups excluding carboxylic acids is 1. The number of furan rings is 1. The summed E-state index contributed by atoms with van der Waals surface area (Å²) in [6.07, 6.45) is 1.53. The van der Waals surface area contributed by atoms with Crippen LogP contribution < -0.4 is 4.90 Å². The van der Waals surface area contributed by atoms with Gasteiger partial charge in [0.05, 0.1) is 11.1 Å². The molecule has 1 amide bonds. The third-order valence-corrected chi connectivity index (χ3v) is 5.36. The Labute approximate surface area is 154 Å². The molecule has 26 heavy (non-hydrogen) atoms. The van der Waals surface area contributed by atoms with Crippen LogP contribution in [0.25, 0.3) is 11.7 Å². The average Bonchev–Trinajstić information content (AvgIpc) is 3.41. The van der Waals surface area contributed by atoms with Crippen molar-refractivity contribution >= 4 is 23.1 Å². The van der Waals surface area contributed by atoms with Crippen molar-refractivity contribution in [3.8, 4) is 17.7 Å². The fourth-order valence-electron chi connectivity index (χ4n) is 2.95. The van der Waals surface area contributed by atoms with Crippen LogP contribution >= 0.6 is 11.3 Å². The van der Waals surface area contributed by atoms with E-state index in [-0.39, 0.29) is 17.5 Å². The van der Waals surface area contributed by atoms with Gasteiger partial charge in [-0.05, 0) is 36.1 Å². The van der Waals surface area contributed by atoms with E-state index in [1.165, 1.54) is 17.6 Å². The minimum atomic E-state index is 0.0616. The molecular weight excluding hydrogens is 352 g/mol. The molecule has 1 fully saturated rings. The predicted molar refractivity (Wildman–Crippen MR) is 96.1 cm³/mol. The predicted octanol–water partition coefficient (Wildman–Crippen LogP) is 3.14. The maximum atomic E-state index is 12.6. The molecule has 0 saturated carbocycles. The van der Waals surface area contributed by atoms with Crippen LogP contribution in [-0.2, 0) is 0 Å². The molecule has 0 unspecified atom stereocenters. The number of piperazine rings is 1. The van der Waals surface area contributed by atoms with Gasteiger partial charge in [-0.25, -0.2) is 0 Å². The van der Waals surface area contributed by atoms with Crippen LogP contribution in [0.1, 0.15) is 20.9 Å². The molecule has 0 N–H and O–H groups in total. The number of aromatic nitrogens is 1. The van der Waals surface area contributed by atoms with E-state index in [9.17, 15) is 10.1 Å². The summed E-state index contributed by atoms with van der Waals surface area (Å²) in [4.78, 5) is 21.4. The highest BCUT2D eigenvalue weighted by Crippen LogP contribution is 2.29. The van der Waals surface area contributed by atoms with Gasteiger partial charge in [-0.2, -0.15) is 10.2 Å². The molecule has 0 atom stereocenters. The van der Waals surface area contributed by atoms with E-state index in [1.807, 2.05) is 28.2 Å². The summed E-state index contributed by atoms with van der Waals surface area (Å²) >= 11 is 1.47. The number of aryl methyl sites for hydroxylation is 1. The first kappa shape index (κ1) is 16.4. The number of hydrogen-bond acceptors (Lipinski definition) is 7. The standard InChI is InChI=1S/C18H16N4O3S/c1-12-4-10-26-15(12)17(23)21-5-7-22(8-6-21)18-13(11-19)20-16(25-18)14-3-2-9-24-14/h2-4,9-10H,5-8H2,1H3. The van der Waals surface area contributed by atoms with Crippen molar-refractivity contribution in [1.82, 2.24) is 9.88 Å². The molecule has 1 aliphatic rings. The second-order valence-electron chi connectivity index (χ2n) is 5.97. The maximum absolute atomic E-state index is 12.6. The zero-order valence-electron chi connectivity index (χ0n) is 14.1. The van der Waals surface area contributed by atoms with Crippen LogP contribution in [0.2, 0.25) is 0 Å². The molecule has 8 heteroatoms. The molecule has 3 aromatic rings. The van der Waals surface area contributed by atoms with Gasteiger partial charge >= 0.3 is 0 Å². The number of nitrogens with zero attached hydrogens (tertiary/aromatic N) is 4. The minimum absolute atomic E-state index is 0.0616. The van der Waals surface area contributed by atoms with Crippen molar-refractivity contribution in [3.05, 3.63) is 46.0 Å². The largest absolute Gasteiger partial charge is 0.459 e. The lowest BCUT2D eigenvalue weighted by atomic mass is 10.2. The normalized spacial score (nSPS) is 14.5. The van der Waals surface area contributed by atoms with Gasteiger partial charge in [0.1, 0.15) is 6.07 Å². The van der Waals surface area contributed by atoms with Crippen molar-refractivity contribution < 1.29 is 13.6 Å². The maximum Gasteiger partial charge on any atom is 0.266 e. The number of rotatable bonds is 3. The summed E-state index contributed by atoms with van der Waals surface area (Å²) in [6.45, 7) is 4.24. The molecular formula is C18H16N4O3S. The van der Waals surface area contributed by atoms with E-state index in [0.717, 1.165) is 10.4 Å². The van der Waals surface area contributed by atoms with E-state index in [2.05, 4.69) is 11.1 Å². The van der Waals surface area contributed by atoms with Crippen LogP contribution in [0.5, 0.6) is 0 Å². The molecule has 7 nitrogen and oxygen atoms in total. The molecule has 4 heterocycles. The minimum Gasteiger partial charge on any atom is -0.459 e. The second kappa shape index (κ2) is 6.69. The van der Waals surface area contributed by atoms with Gasteiger partial charge in [0.25, 0.3) is 11.8 Å². The Bertz CT molecular complexity index is 959. The third kappa shape index (κ3) is 2.86. The molecule has 1 aliphatic heterocycles. The summed E-state index contributed by atoms with van der Waals surface area (Å²) in [5.41, 5.74) is 1.23. The zero-order valence-corrected chi connectivity index (χ0v) is 15.0. The van der Waals surface area contributed by atoms with Crippen LogP contribution in [0.15, 0.2) is 38.7 Å². The van der Waals surface area contributed by atoms with E-state index >= 15 is 0 Å². The quantitative estimate of drug-likeness (QED) is 0.706. The Morgan fingerprint density at radius 1 is 1.31 bits per heavy atom. The lowest BCUT2D eigenvalue weighted by Crippen LogP contribution is -2.48. The number of amides is 1. The lowest BCUT2D eigenvalue weighted by molar-refractivity contribution is 0.0749. The van der Waals surface area contributed by atoms with Crippen molar-refractivity contribution in [1.29, 1.82) is 5.26 Å². The topological polar surface area (TPSA) is 86.5 Å². The van der Waals surface area contributed by atoms with E-state index < -0.39 is 0 Å². The van der Waals surface area contributed by atoms with Crippen molar-refractivity contribution in [2.24, 2.45) is 0 Å². The van der Waals surface area contributed by atoms with Crippen molar-refractivity contribution in [3.63, 3.8) is 0 Å². The Morgan fingerprint density at radius 3 is 2.73 bits per heavy atom. The van der Waals surface area contributed by atoms with Gasteiger partial charge in [-0.1, -0.05) is 0 Å². The van der Waals surface area contributed by atoms with Crippen molar-refractivity contribution in [2.75, 3.05) is 31.1 Å². The molecule has 132 valence electrons. The molecule has 3 aromatic heterocycles. The lowest BCUT2D eigenvalue weighted by Gasteiger charge is -2.34. The van der Waals surface area contributed by atoms with Gasteiger partial charge < -0.3 is 18.6 Å². The van der Waals surface area contributed by atoms with E-state index in [1.54, 1.807) is 12.1 Å². The summed E-state index contributed by atoms with van der Waals surface area (Å²) in [7, 11) is 0. The Kier molecular flexibility index (Phi) is 4.22. The number of nitriles is 1. The number of oxazole rings is 1. The van der Waals surface area contributed by atoms with Crippen molar-refractivity contribution in [2.45, 2.75) is 6.92 Å². The first-order chi connectivity index (χ1) is 12.7. The number of thiophene rings is 1. The molecule has 0 bridgehead atoms. The Balaban J connectivity index is 1.49. The van der Waals surface area contributed by atoms with Gasteiger partial charge in [0, 0.05) is 26.2 Å². The number of anilines is 1. The summed E-state index contributed by atoms with van der Waals surface area (Å²) in [6, 6.07) is 7.50. The highest BCUT2D eigenvalue weighted by atomic mass is 32.1. The third-order valence-electron chi connectivity index (χ3n) is 4.36. The van der Waals surface area contributed by atoms with E-state index in [0.29, 0.717) is 37.8 Å². The highest BCUT2D eigenvalue weighted by molar-refractivity contribution is 7.12. The number of carbonyl (C=O) groups is 1. The fraction of sp³-hybridized carbons (Fsp3) is 0.278. The van der Waals surface area contributed by atoms with Gasteiger partial charge in [0.15, 0.2) is 5.76 Å². The summed E-state index contributed by atoms with van der Waals surface area (Å²) in [5, 5.41) is 11.3. The summed E-state index contributed by atoms with van der Waals surface area (Å²) < 4.78 is 11.1. The molecule has 4 rings (SSSR count). The highest BCUT2D eigenvalue weighted by Gasteiger charge is 2.28. The molecule has 0 aliphatic carbocycles. The molecule has 0 aromatic carbocycles. The van der Waals surface area contributed by atoms with Gasteiger partial charge in [-0.3, -0.25) is 4.79 Å². The van der Waals surface area contributed by atoms with Crippen LogP contribution in [-0.4, -0.2) is 42.0 Å². The second-order valence-corrected chi connectivity index (χ2v) is 6.89.